The first kappa shape index (κ1) is 19.7. The number of fused-ring (bicyclic) bond motifs is 4. The number of aromatic nitrogens is 3. The van der Waals surface area contributed by atoms with Crippen molar-refractivity contribution in [2.24, 2.45) is 0 Å². The quantitative estimate of drug-likeness (QED) is 0.467. The molecular formula is C24H25N5O2S. The third kappa shape index (κ3) is 3.63. The molecule has 2 bridgehead atoms. The average molecular weight is 448 g/mol. The lowest BCUT2D eigenvalue weighted by Crippen LogP contribution is -2.49. The molecule has 0 radical (unpaired) electrons. The van der Waals surface area contributed by atoms with Gasteiger partial charge in [0.1, 0.15) is 5.75 Å². The van der Waals surface area contributed by atoms with Gasteiger partial charge in [0, 0.05) is 61.0 Å². The Kier molecular flexibility index (Phi) is 4.84. The number of aromatic amines is 1. The normalized spacial score (nSPS) is 23.1. The van der Waals surface area contributed by atoms with E-state index >= 15 is 0 Å². The van der Waals surface area contributed by atoms with Gasteiger partial charge in [0.15, 0.2) is 5.65 Å². The smallest absolute Gasteiger partial charge is 0.281 e. The van der Waals surface area contributed by atoms with Gasteiger partial charge < -0.3 is 15.0 Å². The van der Waals surface area contributed by atoms with Gasteiger partial charge in [-0.05, 0) is 55.5 Å². The van der Waals surface area contributed by atoms with Crippen LogP contribution in [-0.2, 0) is 11.3 Å². The summed E-state index contributed by atoms with van der Waals surface area (Å²) in [5.41, 5.74) is 3.09. The molecular weight excluding hydrogens is 422 g/mol. The summed E-state index contributed by atoms with van der Waals surface area (Å²) in [5, 5.41) is 4.96. The molecule has 0 saturated carbocycles. The van der Waals surface area contributed by atoms with Crippen molar-refractivity contribution in [1.29, 1.82) is 0 Å². The Morgan fingerprint density at radius 2 is 2.12 bits per heavy atom. The Hall–Kier alpha value is -2.97. The highest BCUT2D eigenvalue weighted by molar-refractivity contribution is 7.20. The zero-order chi connectivity index (χ0) is 21.7. The van der Waals surface area contributed by atoms with E-state index in [-0.39, 0.29) is 5.91 Å². The minimum atomic E-state index is 0.0830. The third-order valence-electron chi connectivity index (χ3n) is 6.73. The zero-order valence-electron chi connectivity index (χ0n) is 17.9. The Morgan fingerprint density at radius 3 is 2.91 bits per heavy atom. The van der Waals surface area contributed by atoms with Crippen molar-refractivity contribution < 1.29 is 9.53 Å². The molecule has 2 saturated heterocycles. The molecule has 6 rings (SSSR count). The Morgan fingerprint density at radius 1 is 1.28 bits per heavy atom. The van der Waals surface area contributed by atoms with Gasteiger partial charge in [0.05, 0.1) is 4.70 Å². The standard InChI is InChI=1S/C24H25N5O2S/c1-14(30)27-16-9-17-4-5-18(10-16)29(17)13-15-12-26-21-11-19(6-7-20(15)21)31-24-28-23-22(32-24)3-2-8-25-23/h2-3,6-8,11-12,16-18,26H,4-5,9-10,13H2,1H3,(H,27,30). The Labute approximate surface area is 189 Å². The number of carbonyl (C=O) groups excluding carboxylic acids is 1. The fourth-order valence-corrected chi connectivity index (χ4v) is 6.18. The largest absolute Gasteiger partial charge is 0.431 e. The molecule has 164 valence electrons. The van der Waals surface area contributed by atoms with E-state index in [0.29, 0.717) is 29.0 Å². The minimum absolute atomic E-state index is 0.0830. The van der Waals surface area contributed by atoms with Gasteiger partial charge >= 0.3 is 0 Å². The van der Waals surface area contributed by atoms with Crippen LogP contribution in [0.3, 0.4) is 0 Å². The Bertz CT molecular complexity index is 1250. The van der Waals surface area contributed by atoms with Crippen LogP contribution in [-0.4, -0.2) is 43.9 Å². The van der Waals surface area contributed by atoms with Crippen LogP contribution in [0.4, 0.5) is 0 Å². The number of H-pyrrole nitrogens is 1. The number of hydrogen-bond acceptors (Lipinski definition) is 6. The summed E-state index contributed by atoms with van der Waals surface area (Å²) in [6.07, 6.45) is 8.40. The van der Waals surface area contributed by atoms with Crippen LogP contribution in [0.2, 0.25) is 0 Å². The van der Waals surface area contributed by atoms with Crippen LogP contribution in [0.15, 0.2) is 42.7 Å². The molecule has 2 aliphatic heterocycles. The molecule has 7 nitrogen and oxygen atoms in total. The molecule has 2 unspecified atom stereocenters. The molecule has 3 aromatic heterocycles. The molecule has 2 atom stereocenters. The van der Waals surface area contributed by atoms with Gasteiger partial charge in [-0.15, -0.1) is 0 Å². The number of pyridine rings is 1. The highest BCUT2D eigenvalue weighted by Gasteiger charge is 2.40. The number of carbonyl (C=O) groups is 1. The molecule has 2 N–H and O–H groups in total. The van der Waals surface area contributed by atoms with Crippen LogP contribution in [0, 0.1) is 0 Å². The minimum Gasteiger partial charge on any atom is -0.431 e. The van der Waals surface area contributed by atoms with Gasteiger partial charge in [-0.2, -0.15) is 4.98 Å². The fraction of sp³-hybridized carbons (Fsp3) is 0.375. The summed E-state index contributed by atoms with van der Waals surface area (Å²) < 4.78 is 7.04. The van der Waals surface area contributed by atoms with E-state index in [9.17, 15) is 4.79 Å². The lowest BCUT2D eigenvalue weighted by Gasteiger charge is -2.39. The number of rotatable bonds is 5. The molecule has 2 aliphatic rings. The number of thiazole rings is 1. The predicted molar refractivity (Wildman–Crippen MR) is 125 cm³/mol. The summed E-state index contributed by atoms with van der Waals surface area (Å²) in [7, 11) is 0. The number of amides is 1. The van der Waals surface area contributed by atoms with Crippen LogP contribution in [0.1, 0.15) is 38.2 Å². The van der Waals surface area contributed by atoms with Crippen molar-refractivity contribution in [1.82, 2.24) is 25.2 Å². The second-order valence-electron chi connectivity index (χ2n) is 8.85. The van der Waals surface area contributed by atoms with E-state index in [1.54, 1.807) is 13.1 Å². The highest BCUT2D eigenvalue weighted by Crippen LogP contribution is 2.38. The van der Waals surface area contributed by atoms with E-state index < -0.39 is 0 Å². The van der Waals surface area contributed by atoms with E-state index in [0.717, 1.165) is 35.4 Å². The number of hydrogen-bond donors (Lipinski definition) is 2. The first-order chi connectivity index (χ1) is 15.6. The fourth-order valence-electron chi connectivity index (χ4n) is 5.39. The molecule has 0 spiro atoms. The Balaban J connectivity index is 1.18. The lowest BCUT2D eigenvalue weighted by molar-refractivity contribution is -0.120. The summed E-state index contributed by atoms with van der Waals surface area (Å²) >= 11 is 1.50. The monoisotopic (exact) mass is 447 g/mol. The topological polar surface area (TPSA) is 83.1 Å². The summed E-state index contributed by atoms with van der Waals surface area (Å²) in [4.78, 5) is 26.3. The lowest BCUT2D eigenvalue weighted by atomic mass is 9.96. The van der Waals surface area contributed by atoms with E-state index in [1.165, 1.54) is 35.1 Å². The third-order valence-corrected chi connectivity index (χ3v) is 7.62. The van der Waals surface area contributed by atoms with E-state index in [4.69, 9.17) is 4.74 Å². The number of nitrogens with zero attached hydrogens (tertiary/aromatic N) is 3. The van der Waals surface area contributed by atoms with Crippen LogP contribution in [0.25, 0.3) is 21.3 Å². The number of ether oxygens (including phenoxy) is 1. The number of piperidine rings is 1. The van der Waals surface area contributed by atoms with Gasteiger partial charge in [-0.1, -0.05) is 11.3 Å². The maximum absolute atomic E-state index is 11.5. The maximum Gasteiger partial charge on any atom is 0.281 e. The number of nitrogens with one attached hydrogen (secondary N) is 2. The molecule has 4 aromatic rings. The summed E-state index contributed by atoms with van der Waals surface area (Å²) in [6.45, 7) is 2.55. The number of benzene rings is 1. The van der Waals surface area contributed by atoms with Crippen LogP contribution < -0.4 is 10.1 Å². The molecule has 8 heteroatoms. The zero-order valence-corrected chi connectivity index (χ0v) is 18.7. The highest BCUT2D eigenvalue weighted by atomic mass is 32.1. The van der Waals surface area contributed by atoms with E-state index in [2.05, 4.69) is 37.4 Å². The molecule has 5 heterocycles. The molecule has 2 fully saturated rings. The van der Waals surface area contributed by atoms with Gasteiger partial charge in [0.25, 0.3) is 5.19 Å². The van der Waals surface area contributed by atoms with Crippen LogP contribution in [0.5, 0.6) is 10.9 Å². The van der Waals surface area contributed by atoms with Gasteiger partial charge in [-0.25, -0.2) is 4.98 Å². The van der Waals surface area contributed by atoms with Crippen molar-refractivity contribution in [2.75, 3.05) is 0 Å². The maximum atomic E-state index is 11.5. The van der Waals surface area contributed by atoms with Gasteiger partial charge in [-0.3, -0.25) is 9.69 Å². The van der Waals surface area contributed by atoms with Crippen molar-refractivity contribution in [3.63, 3.8) is 0 Å². The first-order valence-corrected chi connectivity index (χ1v) is 12.0. The van der Waals surface area contributed by atoms with Gasteiger partial charge in [0.2, 0.25) is 5.91 Å². The predicted octanol–water partition coefficient (Wildman–Crippen LogP) is 4.60. The molecule has 0 aliphatic carbocycles. The summed E-state index contributed by atoms with van der Waals surface area (Å²) in [5.74, 6) is 0.848. The van der Waals surface area contributed by atoms with Crippen LogP contribution >= 0.6 is 11.3 Å². The van der Waals surface area contributed by atoms with Crippen molar-refractivity contribution in [3.8, 4) is 10.9 Å². The SMILES string of the molecule is CC(=O)NC1CC2CCC(C1)N2Cc1c[nH]c2cc(Oc3nc4ncccc4s3)ccc12. The summed E-state index contributed by atoms with van der Waals surface area (Å²) in [6, 6.07) is 11.5. The molecule has 32 heavy (non-hydrogen) atoms. The second-order valence-corrected chi connectivity index (χ2v) is 9.85. The van der Waals surface area contributed by atoms with Crippen molar-refractivity contribution in [2.45, 2.75) is 57.3 Å². The second kappa shape index (κ2) is 7.86. The van der Waals surface area contributed by atoms with Crippen molar-refractivity contribution >= 4 is 38.5 Å². The molecule has 1 aromatic carbocycles. The average Bonchev–Trinajstić information content (AvgIpc) is 3.42. The van der Waals surface area contributed by atoms with Crippen molar-refractivity contribution in [3.05, 3.63) is 48.3 Å². The first-order valence-electron chi connectivity index (χ1n) is 11.1. The molecule has 1 amide bonds. The van der Waals surface area contributed by atoms with E-state index in [1.807, 2.05) is 24.3 Å².